The van der Waals surface area contributed by atoms with Crippen LogP contribution in [0.3, 0.4) is 0 Å². The lowest BCUT2D eigenvalue weighted by atomic mass is 10.1. The van der Waals surface area contributed by atoms with Crippen molar-refractivity contribution in [3.63, 3.8) is 0 Å². The average molecular weight is 353 g/mol. The van der Waals surface area contributed by atoms with Gasteiger partial charge >= 0.3 is 5.97 Å². The first-order valence-electron chi connectivity index (χ1n) is 8.14. The Kier molecular flexibility index (Phi) is 4.57. The molecule has 1 amide bonds. The Morgan fingerprint density at radius 3 is 2.73 bits per heavy atom. The summed E-state index contributed by atoms with van der Waals surface area (Å²) in [6.45, 7) is 6.03. The van der Waals surface area contributed by atoms with E-state index in [1.54, 1.807) is 19.1 Å². The first-order valence-corrected chi connectivity index (χ1v) is 8.14. The molecule has 3 aromatic rings. The van der Waals surface area contributed by atoms with Crippen molar-refractivity contribution in [3.8, 4) is 0 Å². The number of aromatic nitrogens is 3. The lowest BCUT2D eigenvalue weighted by molar-refractivity contribution is 0.0696. The SMILES string of the molecule is CCNC(=O)c1ccc(C)c(Nc2ncnn3cc(C(=O)O)c(C)c23)c1. The summed E-state index contributed by atoms with van der Waals surface area (Å²) in [4.78, 5) is 27.7. The van der Waals surface area contributed by atoms with Gasteiger partial charge < -0.3 is 15.7 Å². The molecule has 0 saturated carbocycles. The number of carbonyl (C=O) groups is 2. The summed E-state index contributed by atoms with van der Waals surface area (Å²) >= 11 is 0. The number of nitrogens with one attached hydrogen (secondary N) is 2. The molecule has 3 rings (SSSR count). The number of carboxylic acid groups (broad SMARTS) is 1. The second-order valence-electron chi connectivity index (χ2n) is 5.89. The van der Waals surface area contributed by atoms with E-state index in [-0.39, 0.29) is 11.5 Å². The summed E-state index contributed by atoms with van der Waals surface area (Å²) in [5.41, 5.74) is 3.49. The van der Waals surface area contributed by atoms with Crippen LogP contribution in [0.5, 0.6) is 0 Å². The first kappa shape index (κ1) is 17.4. The number of amides is 1. The second kappa shape index (κ2) is 6.83. The molecule has 134 valence electrons. The second-order valence-corrected chi connectivity index (χ2v) is 5.89. The van der Waals surface area contributed by atoms with E-state index in [2.05, 4.69) is 20.7 Å². The number of carboxylic acids is 1. The van der Waals surface area contributed by atoms with Gasteiger partial charge in [0.25, 0.3) is 5.91 Å². The maximum Gasteiger partial charge on any atom is 0.337 e. The van der Waals surface area contributed by atoms with Gasteiger partial charge in [0.05, 0.1) is 5.56 Å². The van der Waals surface area contributed by atoms with Gasteiger partial charge in [-0.3, -0.25) is 4.79 Å². The normalized spacial score (nSPS) is 10.7. The summed E-state index contributed by atoms with van der Waals surface area (Å²) in [5, 5.41) is 19.4. The maximum absolute atomic E-state index is 12.1. The van der Waals surface area contributed by atoms with Crippen molar-refractivity contribution in [1.29, 1.82) is 0 Å². The number of aromatic carboxylic acids is 1. The average Bonchev–Trinajstić information content (AvgIpc) is 2.95. The van der Waals surface area contributed by atoms with E-state index in [0.29, 0.717) is 34.7 Å². The van der Waals surface area contributed by atoms with E-state index in [1.807, 2.05) is 19.9 Å². The van der Waals surface area contributed by atoms with Crippen LogP contribution in [0.2, 0.25) is 0 Å². The fraction of sp³-hybridized carbons (Fsp3) is 0.222. The molecule has 0 unspecified atom stereocenters. The van der Waals surface area contributed by atoms with Crippen LogP contribution in [0, 0.1) is 13.8 Å². The molecule has 0 radical (unpaired) electrons. The Morgan fingerprint density at radius 2 is 2.04 bits per heavy atom. The molecule has 0 aliphatic rings. The first-order chi connectivity index (χ1) is 12.4. The molecule has 3 N–H and O–H groups in total. The van der Waals surface area contributed by atoms with Crippen LogP contribution in [-0.4, -0.2) is 38.1 Å². The summed E-state index contributed by atoms with van der Waals surface area (Å²) in [6, 6.07) is 5.35. The maximum atomic E-state index is 12.1. The highest BCUT2D eigenvalue weighted by atomic mass is 16.4. The Hall–Kier alpha value is -3.42. The van der Waals surface area contributed by atoms with Gasteiger partial charge in [-0.05, 0) is 44.0 Å². The molecule has 1 aromatic carbocycles. The van der Waals surface area contributed by atoms with E-state index in [0.717, 1.165) is 5.56 Å². The number of rotatable bonds is 5. The standard InChI is InChI=1S/C18H19N5O3/c1-4-19-17(24)12-6-5-10(2)14(7-12)22-16-15-11(3)13(18(25)26)8-23(15)21-9-20-16/h5-9H,4H2,1-3H3,(H,19,24)(H,25,26)(H,20,21,22). The van der Waals surface area contributed by atoms with Crippen LogP contribution in [0.15, 0.2) is 30.7 Å². The molecular formula is C18H19N5O3. The third-order valence-electron chi connectivity index (χ3n) is 4.15. The number of carbonyl (C=O) groups excluding carboxylic acids is 1. The van der Waals surface area contributed by atoms with E-state index < -0.39 is 5.97 Å². The number of fused-ring (bicyclic) bond motifs is 1. The molecule has 0 bridgehead atoms. The molecular weight excluding hydrogens is 334 g/mol. The van der Waals surface area contributed by atoms with Gasteiger partial charge in [0, 0.05) is 24.0 Å². The van der Waals surface area contributed by atoms with Gasteiger partial charge in [-0.15, -0.1) is 0 Å². The Morgan fingerprint density at radius 1 is 1.27 bits per heavy atom. The molecule has 8 heteroatoms. The topological polar surface area (TPSA) is 109 Å². The van der Waals surface area contributed by atoms with Gasteiger partial charge in [-0.25, -0.2) is 14.3 Å². The number of hydrogen-bond acceptors (Lipinski definition) is 5. The summed E-state index contributed by atoms with van der Waals surface area (Å²) in [7, 11) is 0. The molecule has 0 aliphatic carbocycles. The fourth-order valence-corrected chi connectivity index (χ4v) is 2.76. The van der Waals surface area contributed by atoms with Crippen molar-refractivity contribution in [2.75, 3.05) is 11.9 Å². The molecule has 26 heavy (non-hydrogen) atoms. The minimum atomic E-state index is -1.02. The highest BCUT2D eigenvalue weighted by molar-refractivity contribution is 5.96. The highest BCUT2D eigenvalue weighted by Crippen LogP contribution is 2.27. The van der Waals surface area contributed by atoms with Gasteiger partial charge in [-0.1, -0.05) is 6.07 Å². The van der Waals surface area contributed by atoms with Crippen molar-refractivity contribution in [2.24, 2.45) is 0 Å². The molecule has 2 aromatic heterocycles. The van der Waals surface area contributed by atoms with Crippen LogP contribution in [0.25, 0.3) is 5.52 Å². The summed E-state index contributed by atoms with van der Waals surface area (Å²) < 4.78 is 1.48. The summed E-state index contributed by atoms with van der Waals surface area (Å²) in [5.74, 6) is -0.704. The minimum Gasteiger partial charge on any atom is -0.478 e. The number of anilines is 2. The number of nitrogens with zero attached hydrogens (tertiary/aromatic N) is 3. The molecule has 0 aliphatic heterocycles. The smallest absolute Gasteiger partial charge is 0.337 e. The third kappa shape index (κ3) is 3.08. The Bertz CT molecular complexity index is 1010. The van der Waals surface area contributed by atoms with E-state index in [1.165, 1.54) is 17.0 Å². The summed E-state index contributed by atoms with van der Waals surface area (Å²) in [6.07, 6.45) is 2.81. The van der Waals surface area contributed by atoms with Crippen molar-refractivity contribution in [2.45, 2.75) is 20.8 Å². The lowest BCUT2D eigenvalue weighted by Crippen LogP contribution is -2.22. The molecule has 0 atom stereocenters. The molecule has 0 fully saturated rings. The van der Waals surface area contributed by atoms with Crippen LogP contribution >= 0.6 is 0 Å². The van der Waals surface area contributed by atoms with Crippen molar-refractivity contribution >= 4 is 28.9 Å². The zero-order chi connectivity index (χ0) is 18.8. The van der Waals surface area contributed by atoms with Gasteiger partial charge in [0.1, 0.15) is 11.8 Å². The van der Waals surface area contributed by atoms with E-state index in [4.69, 9.17) is 0 Å². The monoisotopic (exact) mass is 353 g/mol. The van der Waals surface area contributed by atoms with Crippen LogP contribution in [-0.2, 0) is 0 Å². The van der Waals surface area contributed by atoms with Crippen molar-refractivity contribution < 1.29 is 14.7 Å². The van der Waals surface area contributed by atoms with E-state index >= 15 is 0 Å². The molecule has 0 spiro atoms. The Balaban J connectivity index is 2.05. The molecule has 2 heterocycles. The predicted molar refractivity (Wildman–Crippen MR) is 97.2 cm³/mol. The molecule has 0 saturated heterocycles. The van der Waals surface area contributed by atoms with Crippen LogP contribution in [0.4, 0.5) is 11.5 Å². The van der Waals surface area contributed by atoms with Gasteiger partial charge in [-0.2, -0.15) is 5.10 Å². The third-order valence-corrected chi connectivity index (χ3v) is 4.15. The highest BCUT2D eigenvalue weighted by Gasteiger charge is 2.17. The van der Waals surface area contributed by atoms with Crippen LogP contribution < -0.4 is 10.6 Å². The quantitative estimate of drug-likeness (QED) is 0.650. The van der Waals surface area contributed by atoms with E-state index in [9.17, 15) is 14.7 Å². The minimum absolute atomic E-state index is 0.157. The van der Waals surface area contributed by atoms with Crippen molar-refractivity contribution in [1.82, 2.24) is 19.9 Å². The lowest BCUT2D eigenvalue weighted by Gasteiger charge is -2.12. The van der Waals surface area contributed by atoms with Crippen molar-refractivity contribution in [3.05, 3.63) is 53.0 Å². The number of benzene rings is 1. The molecule has 8 nitrogen and oxygen atoms in total. The number of hydrogen-bond donors (Lipinski definition) is 3. The zero-order valence-electron chi connectivity index (χ0n) is 14.7. The Labute approximate surface area is 149 Å². The van der Waals surface area contributed by atoms with Gasteiger partial charge in [0.2, 0.25) is 0 Å². The predicted octanol–water partition coefficient (Wildman–Crippen LogP) is 2.54. The van der Waals surface area contributed by atoms with Crippen LogP contribution in [0.1, 0.15) is 38.8 Å². The van der Waals surface area contributed by atoms with Gasteiger partial charge in [0.15, 0.2) is 5.82 Å². The number of aryl methyl sites for hydroxylation is 2. The zero-order valence-corrected chi connectivity index (χ0v) is 14.7. The largest absolute Gasteiger partial charge is 0.478 e. The fourth-order valence-electron chi connectivity index (χ4n) is 2.76.